The van der Waals surface area contributed by atoms with Gasteiger partial charge in [-0.15, -0.1) is 0 Å². The monoisotopic (exact) mass is 949 g/mol. The van der Waals surface area contributed by atoms with Crippen LogP contribution in [0.15, 0.2) is 65.8 Å². The van der Waals surface area contributed by atoms with Crippen LogP contribution in [-0.2, 0) is 54.6 Å². The molecule has 0 heterocycles. The summed E-state index contributed by atoms with van der Waals surface area (Å²) in [5, 5.41) is 14.7. The minimum absolute atomic E-state index is 0.0112. The Morgan fingerprint density at radius 1 is 0.667 bits per heavy atom. The number of amides is 2. The van der Waals surface area contributed by atoms with Crippen LogP contribution >= 0.6 is 35.0 Å². The molecule has 21 heteroatoms. The predicted octanol–water partition coefficient (Wildman–Crippen LogP) is 6.87. The number of hydrogen-bond acceptors (Lipinski definition) is 13. The van der Waals surface area contributed by atoms with Gasteiger partial charge in [-0.3, -0.25) is 14.4 Å². The van der Waals surface area contributed by atoms with Crippen LogP contribution < -0.4 is 10.7 Å². The molecule has 0 aromatic heterocycles. The molecule has 0 atom stereocenters. The first-order chi connectivity index (χ1) is 30.4. The van der Waals surface area contributed by atoms with Crippen molar-refractivity contribution >= 4 is 64.6 Å². The summed E-state index contributed by atoms with van der Waals surface area (Å²) in [4.78, 5) is 36.5. The molecule has 0 spiro atoms. The Hall–Kier alpha value is -3.86. The molecular weight excluding hydrogens is 898 g/mol. The van der Waals surface area contributed by atoms with Crippen LogP contribution in [0.4, 0.5) is 18.9 Å². The maximum Gasteiger partial charge on any atom is 0.417 e. The lowest BCUT2D eigenvalue weighted by atomic mass is 10.1. The third kappa shape index (κ3) is 24.1. The maximum absolute atomic E-state index is 13.2. The number of carboxylic acids is 1. The third-order valence-corrected chi connectivity index (χ3v) is 9.60. The Morgan fingerprint density at radius 2 is 1.21 bits per heavy atom. The molecule has 0 bridgehead atoms. The van der Waals surface area contributed by atoms with Gasteiger partial charge in [0.2, 0.25) is 0 Å². The summed E-state index contributed by atoms with van der Waals surface area (Å²) in [6, 6.07) is 14.5. The molecule has 0 unspecified atom stereocenters. The summed E-state index contributed by atoms with van der Waals surface area (Å²) in [6.45, 7) is 6.63. The van der Waals surface area contributed by atoms with Gasteiger partial charge >= 0.3 is 12.1 Å². The highest BCUT2D eigenvalue weighted by Crippen LogP contribution is 2.35. The van der Waals surface area contributed by atoms with E-state index in [4.69, 9.17) is 66.2 Å². The Kier molecular flexibility index (Phi) is 27.1. The minimum Gasteiger partial charge on any atom is -0.481 e. The maximum atomic E-state index is 13.2. The SMILES string of the molecule is O=C(O)CCOCCOCCOCCOCCOCCOCCOCCOCCSCc1cccc(C(=O)Nc2ccc(Cl)cc2C(=O)NN=Cc2ccc(Cl)c(C(F)(F)F)c2)c1. The van der Waals surface area contributed by atoms with E-state index >= 15 is 0 Å². The number of rotatable bonds is 34. The van der Waals surface area contributed by atoms with Gasteiger partial charge in [0.25, 0.3) is 11.8 Å². The number of nitrogens with zero attached hydrogens (tertiary/aromatic N) is 1. The second-order valence-electron chi connectivity index (χ2n) is 12.9. The first-order valence-corrected chi connectivity index (χ1v) is 21.7. The fraction of sp³-hybridized carbons (Fsp3) is 0.476. The molecule has 2 amide bonds. The largest absolute Gasteiger partial charge is 0.481 e. The van der Waals surface area contributed by atoms with Gasteiger partial charge in [-0.1, -0.05) is 41.4 Å². The number of nitrogens with one attached hydrogen (secondary N) is 2. The number of thioether (sulfide) groups is 1. The van der Waals surface area contributed by atoms with Gasteiger partial charge in [-0.25, -0.2) is 5.43 Å². The highest BCUT2D eigenvalue weighted by atomic mass is 35.5. The number of benzene rings is 3. The van der Waals surface area contributed by atoms with E-state index in [1.54, 1.807) is 30.0 Å². The molecule has 3 aromatic carbocycles. The number of hydrogen-bond donors (Lipinski definition) is 3. The topological polar surface area (TPSA) is 182 Å². The van der Waals surface area contributed by atoms with Crippen LogP contribution in [0.25, 0.3) is 0 Å². The van der Waals surface area contributed by atoms with Crippen molar-refractivity contribution in [3.63, 3.8) is 0 Å². The molecule has 348 valence electrons. The predicted molar refractivity (Wildman–Crippen MR) is 232 cm³/mol. The standard InChI is InChI=1S/C42H52Cl2F3N3O12S/c43-34-5-7-38(35(28-34)41(54)50-48-29-31-4-6-37(44)36(27-31)42(45,46)47)49-40(53)33-3-1-2-32(26-33)30-63-25-24-62-23-22-61-21-20-60-19-18-59-17-16-58-15-14-57-13-12-56-11-10-55-9-8-39(51)52/h1-7,26-29H,8-25,30H2,(H,49,53)(H,50,54)(H,51,52). The van der Waals surface area contributed by atoms with Crippen molar-refractivity contribution in [1.29, 1.82) is 0 Å². The van der Waals surface area contributed by atoms with Crippen LogP contribution in [0.1, 0.15) is 43.8 Å². The number of carbonyl (C=O) groups excluding carboxylic acids is 2. The smallest absolute Gasteiger partial charge is 0.417 e. The molecule has 0 aliphatic heterocycles. The number of aliphatic carboxylic acids is 1. The van der Waals surface area contributed by atoms with Crippen molar-refractivity contribution in [3.05, 3.63) is 98.5 Å². The molecular formula is C42H52Cl2F3N3O12S. The molecule has 0 aliphatic carbocycles. The molecule has 63 heavy (non-hydrogen) atoms. The van der Waals surface area contributed by atoms with Gasteiger partial charge in [-0.05, 0) is 53.6 Å². The average Bonchev–Trinajstić information content (AvgIpc) is 3.25. The summed E-state index contributed by atoms with van der Waals surface area (Å²) in [6.07, 6.45) is -3.65. The fourth-order valence-corrected chi connectivity index (χ4v) is 6.18. The normalized spacial score (nSPS) is 11.6. The molecule has 0 saturated heterocycles. The Morgan fingerprint density at radius 3 is 1.75 bits per heavy atom. The molecule has 0 saturated carbocycles. The van der Waals surface area contributed by atoms with Crippen molar-refractivity contribution in [2.75, 3.05) is 117 Å². The lowest BCUT2D eigenvalue weighted by Gasteiger charge is -2.12. The van der Waals surface area contributed by atoms with Crippen molar-refractivity contribution in [3.8, 4) is 0 Å². The number of halogens is 5. The summed E-state index contributed by atoms with van der Waals surface area (Å²) >= 11 is 13.4. The Labute approximate surface area is 378 Å². The zero-order valence-electron chi connectivity index (χ0n) is 34.5. The van der Waals surface area contributed by atoms with Gasteiger partial charge < -0.3 is 48.3 Å². The van der Waals surface area contributed by atoms with Crippen molar-refractivity contribution in [2.24, 2.45) is 5.10 Å². The summed E-state index contributed by atoms with van der Waals surface area (Å²) in [7, 11) is 0. The first kappa shape index (κ1) is 53.5. The molecule has 0 fully saturated rings. The number of alkyl halides is 3. The third-order valence-electron chi connectivity index (χ3n) is 8.04. The van der Waals surface area contributed by atoms with Crippen molar-refractivity contribution in [2.45, 2.75) is 18.3 Å². The van der Waals surface area contributed by atoms with E-state index in [0.717, 1.165) is 29.7 Å². The van der Waals surface area contributed by atoms with Gasteiger partial charge in [0.1, 0.15) is 0 Å². The highest BCUT2D eigenvalue weighted by molar-refractivity contribution is 7.98. The van der Waals surface area contributed by atoms with E-state index in [0.29, 0.717) is 110 Å². The second-order valence-corrected chi connectivity index (χ2v) is 14.8. The van der Waals surface area contributed by atoms with Crippen LogP contribution in [0.3, 0.4) is 0 Å². The molecule has 3 rings (SSSR count). The van der Waals surface area contributed by atoms with E-state index in [-0.39, 0.29) is 34.9 Å². The lowest BCUT2D eigenvalue weighted by Crippen LogP contribution is -2.21. The zero-order valence-corrected chi connectivity index (χ0v) is 36.8. The Bertz CT molecular complexity index is 1850. The highest BCUT2D eigenvalue weighted by Gasteiger charge is 2.33. The lowest BCUT2D eigenvalue weighted by molar-refractivity contribution is -0.138. The van der Waals surface area contributed by atoms with E-state index in [1.807, 2.05) is 6.07 Å². The second kappa shape index (κ2) is 31.9. The van der Waals surface area contributed by atoms with E-state index < -0.39 is 34.5 Å². The summed E-state index contributed by atoms with van der Waals surface area (Å²) in [5.41, 5.74) is 2.67. The molecule has 0 aliphatic rings. The van der Waals surface area contributed by atoms with Gasteiger partial charge in [-0.2, -0.15) is 30.0 Å². The minimum atomic E-state index is -4.66. The van der Waals surface area contributed by atoms with E-state index in [1.165, 1.54) is 24.3 Å². The number of ether oxygens (including phenoxy) is 8. The van der Waals surface area contributed by atoms with Gasteiger partial charge in [0, 0.05) is 22.1 Å². The first-order valence-electron chi connectivity index (χ1n) is 19.8. The van der Waals surface area contributed by atoms with E-state index in [2.05, 4.69) is 15.8 Å². The number of anilines is 1. The van der Waals surface area contributed by atoms with Gasteiger partial charge in [0.15, 0.2) is 0 Å². The summed E-state index contributed by atoms with van der Waals surface area (Å²) < 4.78 is 83.0. The van der Waals surface area contributed by atoms with Crippen LogP contribution in [0.2, 0.25) is 10.0 Å². The summed E-state index contributed by atoms with van der Waals surface area (Å²) in [5.74, 6) is -0.766. The van der Waals surface area contributed by atoms with Crippen LogP contribution in [0, 0.1) is 0 Å². The molecule has 0 radical (unpaired) electrons. The fourth-order valence-electron chi connectivity index (χ4n) is 4.99. The van der Waals surface area contributed by atoms with Crippen molar-refractivity contribution in [1.82, 2.24) is 5.43 Å². The molecule has 15 nitrogen and oxygen atoms in total. The van der Waals surface area contributed by atoms with Crippen molar-refractivity contribution < 1.29 is 70.6 Å². The molecule has 3 aromatic rings. The zero-order chi connectivity index (χ0) is 45.5. The number of hydrazone groups is 1. The Balaban J connectivity index is 1.18. The molecule has 3 N–H and O–H groups in total. The van der Waals surface area contributed by atoms with E-state index in [9.17, 15) is 27.6 Å². The van der Waals surface area contributed by atoms with Crippen LogP contribution in [-0.4, -0.2) is 141 Å². The van der Waals surface area contributed by atoms with Gasteiger partial charge in [0.05, 0.1) is 140 Å². The number of carbonyl (C=O) groups is 3. The quantitative estimate of drug-likeness (QED) is 0.0321. The number of carboxylic acid groups (broad SMARTS) is 1. The average molecular weight is 951 g/mol. The van der Waals surface area contributed by atoms with Crippen LogP contribution in [0.5, 0.6) is 0 Å².